The maximum absolute atomic E-state index is 12.7. The molecule has 0 spiro atoms. The Balaban J connectivity index is 0.000000173. The number of nitrogens with zero attached hydrogens (tertiary/aromatic N) is 9. The zero-order valence-corrected chi connectivity index (χ0v) is 47.6. The molecule has 14 heteroatoms. The highest BCUT2D eigenvalue weighted by Crippen LogP contribution is 2.56. The van der Waals surface area contributed by atoms with Gasteiger partial charge < -0.3 is 19.4 Å². The second-order valence-electron chi connectivity index (χ2n) is 23.3. The Labute approximate surface area is 498 Å². The van der Waals surface area contributed by atoms with Crippen molar-refractivity contribution in [3.05, 3.63) is 195 Å². The van der Waals surface area contributed by atoms with Gasteiger partial charge in [0.15, 0.2) is 23.3 Å². The monoisotopic (exact) mass is 1130 g/mol. The molecule has 1 saturated carbocycles. The Morgan fingerprint density at radius 1 is 0.595 bits per heavy atom. The van der Waals surface area contributed by atoms with Gasteiger partial charge in [-0.1, -0.05) is 166 Å². The van der Waals surface area contributed by atoms with E-state index < -0.39 is 11.5 Å². The van der Waals surface area contributed by atoms with E-state index in [2.05, 4.69) is 82.7 Å². The van der Waals surface area contributed by atoms with Crippen molar-refractivity contribution in [2.75, 3.05) is 7.05 Å². The van der Waals surface area contributed by atoms with Gasteiger partial charge in [0, 0.05) is 88.3 Å². The molecule has 4 aromatic heterocycles. The van der Waals surface area contributed by atoms with Crippen LogP contribution in [0.3, 0.4) is 0 Å². The van der Waals surface area contributed by atoms with Gasteiger partial charge in [-0.05, 0) is 98.7 Å². The summed E-state index contributed by atoms with van der Waals surface area (Å²) in [6.45, 7) is 28.1. The Morgan fingerprint density at radius 2 is 1.02 bits per heavy atom. The van der Waals surface area contributed by atoms with Crippen LogP contribution in [-0.2, 0) is 51.5 Å². The van der Waals surface area contributed by atoms with Crippen LogP contribution >= 0.6 is 0 Å². The Kier molecular flexibility index (Phi) is 20.3. The first-order valence-electron chi connectivity index (χ1n) is 28.8. The molecule has 0 aliphatic heterocycles. The summed E-state index contributed by atoms with van der Waals surface area (Å²) in [6, 6.07) is 29.7. The molecule has 84 heavy (non-hydrogen) atoms. The molecule has 7 aromatic rings. The van der Waals surface area contributed by atoms with Crippen LogP contribution in [0.5, 0.6) is 0 Å². The molecule has 0 saturated heterocycles. The zero-order chi connectivity index (χ0) is 57.1. The topological polar surface area (TPSA) is 178 Å². The van der Waals surface area contributed by atoms with Crippen molar-refractivity contribution < 1.29 is 19.3 Å². The molecule has 4 heterocycles. The number of ketones is 2. The minimum Gasteiger partial charge on any atom is -0.361 e. The van der Waals surface area contributed by atoms with Crippen LogP contribution in [0.4, 0.5) is 0 Å². The number of Topliss-reactive ketones (excluding diaryl/α,β-unsaturated/α-hetero) is 2. The second-order valence-corrected chi connectivity index (χ2v) is 23.3. The molecule has 14 nitrogen and oxygen atoms in total. The maximum Gasteiger partial charge on any atom is 0.282 e. The minimum atomic E-state index is -0.540. The Morgan fingerprint density at radius 3 is 1.48 bits per heavy atom. The van der Waals surface area contributed by atoms with Crippen LogP contribution in [0.2, 0.25) is 0 Å². The molecule has 0 bridgehead atoms. The van der Waals surface area contributed by atoms with Crippen molar-refractivity contribution >= 4 is 11.6 Å². The predicted octanol–water partition coefficient (Wildman–Crippen LogP) is 14.8. The van der Waals surface area contributed by atoms with Gasteiger partial charge in [0.05, 0.1) is 29.9 Å². The van der Waals surface area contributed by atoms with E-state index in [0.717, 1.165) is 115 Å². The number of carbonyl (C=O) groups excluding carboxylic acids is 2. The van der Waals surface area contributed by atoms with Gasteiger partial charge in [0.25, 0.3) is 6.04 Å². The van der Waals surface area contributed by atoms with Gasteiger partial charge in [-0.2, -0.15) is 0 Å². The molecule has 438 valence electrons. The molecular formula is C70H84N10O4. The lowest BCUT2D eigenvalue weighted by atomic mass is 9.54. The molecule has 3 aromatic carbocycles. The lowest BCUT2D eigenvalue weighted by molar-refractivity contribution is -0.130. The quantitative estimate of drug-likeness (QED) is 0.119. The first-order valence-corrected chi connectivity index (χ1v) is 28.8. The number of aromatic nitrogens is 7. The molecule has 13 rings (SSSR count). The van der Waals surface area contributed by atoms with Gasteiger partial charge >= 0.3 is 0 Å². The van der Waals surface area contributed by atoms with E-state index in [0.29, 0.717) is 24.1 Å². The number of nitrogens with one attached hydrogen (secondary N) is 1. The van der Waals surface area contributed by atoms with Gasteiger partial charge in [0.1, 0.15) is 5.76 Å². The minimum absolute atomic E-state index is 0. The first-order chi connectivity index (χ1) is 39.3. The summed E-state index contributed by atoms with van der Waals surface area (Å²) in [7, 11) is 1.43. The van der Waals surface area contributed by atoms with Crippen molar-refractivity contribution in [2.24, 2.45) is 29.6 Å². The van der Waals surface area contributed by atoms with E-state index in [1.807, 2.05) is 110 Å². The van der Waals surface area contributed by atoms with Gasteiger partial charge in [-0.3, -0.25) is 4.79 Å². The standard InChI is InChI=1S/2C22H23N3O.C22H21N3O.CH5NO.3CH4/c1-3-17-18-10-9-15-12-23-21(14-7-5-4-6-8-14)25-20(15)22(18,2)11-16-13-24-26-19(16)17;2*1-4-16-17-11-10-15-13-24-21(14-8-6-5-7-9-14)25-20(15)22(17,2)12-18(23-3)19(16)26;1-2-3;;;/h4-8,12-13,17-18H,3,9-11H2,1-2H3;5-9,13,16-18H,4,10-12H2,1-2H3;5-9,12-13,16-17H,4,10-11H2,1-2H3;2-3H,1H3;3*1H4/t17-,18-,22-;16-,17-,18?,22-;16-,17-,22-;;;;/m000..../s1. The van der Waals surface area contributed by atoms with Crippen molar-refractivity contribution in [1.29, 1.82) is 0 Å². The molecule has 2 N–H and O–H groups in total. The molecular weight excluding hydrogens is 1040 g/mol. The second kappa shape index (κ2) is 26.8. The molecule has 1 unspecified atom stereocenters. The highest BCUT2D eigenvalue weighted by atomic mass is 16.5. The third-order valence-corrected chi connectivity index (χ3v) is 18.8. The maximum atomic E-state index is 12.7. The van der Waals surface area contributed by atoms with Gasteiger partial charge in [-0.25, -0.2) is 46.8 Å². The zero-order valence-electron chi connectivity index (χ0n) is 47.6. The van der Waals surface area contributed by atoms with Crippen LogP contribution < -0.4 is 5.48 Å². The molecule has 0 amide bonds. The van der Waals surface area contributed by atoms with Gasteiger partial charge in [-0.15, -0.1) is 0 Å². The highest BCUT2D eigenvalue weighted by molar-refractivity contribution is 6.00. The van der Waals surface area contributed by atoms with Crippen molar-refractivity contribution in [3.8, 4) is 34.2 Å². The summed E-state index contributed by atoms with van der Waals surface area (Å²) in [4.78, 5) is 61.4. The first kappa shape index (κ1) is 63.7. The number of aryl methyl sites for hydroxylation is 3. The van der Waals surface area contributed by atoms with Crippen molar-refractivity contribution in [3.63, 3.8) is 0 Å². The average molecular weight is 1130 g/mol. The van der Waals surface area contributed by atoms with E-state index in [1.165, 1.54) is 29.4 Å². The summed E-state index contributed by atoms with van der Waals surface area (Å²) >= 11 is 0. The largest absolute Gasteiger partial charge is 0.361 e. The normalized spacial score (nSPS) is 26.2. The van der Waals surface area contributed by atoms with Crippen LogP contribution in [0.15, 0.2) is 132 Å². The lowest BCUT2D eigenvalue weighted by Crippen LogP contribution is -2.52. The van der Waals surface area contributed by atoms with Crippen LogP contribution in [-0.4, -0.2) is 64.9 Å². The van der Waals surface area contributed by atoms with Crippen molar-refractivity contribution in [1.82, 2.24) is 40.5 Å². The van der Waals surface area contributed by atoms with Crippen LogP contribution in [0.25, 0.3) is 43.9 Å². The molecule has 1 fully saturated rings. The fourth-order valence-corrected chi connectivity index (χ4v) is 14.9. The van der Waals surface area contributed by atoms with E-state index in [1.54, 1.807) is 5.48 Å². The number of allylic oxidation sites excluding steroid dienone is 2. The number of fused-ring (bicyclic) bond motifs is 10. The summed E-state index contributed by atoms with van der Waals surface area (Å²) in [6.07, 6.45) is 19.8. The van der Waals surface area contributed by atoms with E-state index in [-0.39, 0.29) is 74.0 Å². The Bertz CT molecular complexity index is 3540. The Hall–Kier alpha value is -7.91. The van der Waals surface area contributed by atoms with Gasteiger partial charge in [0.2, 0.25) is 11.5 Å². The number of hydrogen-bond acceptors (Lipinski definition) is 12. The summed E-state index contributed by atoms with van der Waals surface area (Å²) in [5, 5.41) is 11.4. The third-order valence-electron chi connectivity index (χ3n) is 18.8. The van der Waals surface area contributed by atoms with Crippen molar-refractivity contribution in [2.45, 2.75) is 163 Å². The molecule has 0 radical (unpaired) electrons. The van der Waals surface area contributed by atoms with E-state index >= 15 is 0 Å². The van der Waals surface area contributed by atoms with Crippen LogP contribution in [0.1, 0.15) is 160 Å². The fourth-order valence-electron chi connectivity index (χ4n) is 14.9. The number of benzene rings is 3. The smallest absolute Gasteiger partial charge is 0.282 e. The summed E-state index contributed by atoms with van der Waals surface area (Å²) in [5.41, 5.74) is 12.6. The number of rotatable bonds is 6. The third kappa shape index (κ3) is 11.6. The number of hydrogen-bond donors (Lipinski definition) is 2. The molecule has 6 aliphatic rings. The molecule has 10 atom stereocenters. The highest BCUT2D eigenvalue weighted by Gasteiger charge is 2.56. The lowest BCUT2D eigenvalue weighted by Gasteiger charge is -2.48. The number of hydroxylamine groups is 1. The van der Waals surface area contributed by atoms with E-state index in [9.17, 15) is 9.59 Å². The fraction of sp³-hybridized carbons (Fsp3) is 0.443. The van der Waals surface area contributed by atoms with E-state index in [4.69, 9.17) is 37.8 Å². The summed E-state index contributed by atoms with van der Waals surface area (Å²) < 4.78 is 5.65. The summed E-state index contributed by atoms with van der Waals surface area (Å²) in [5.74, 6) is 4.81. The molecule has 6 aliphatic carbocycles. The predicted molar refractivity (Wildman–Crippen MR) is 331 cm³/mol. The average Bonchev–Trinajstić information content (AvgIpc) is 1.16. The SMILES string of the molecule is C.C.C.CC[C@@H]1c2oncc2C[C@]2(C)c3nc(-c4ccccc4)ncc3CC[C@@H]12.CNO.[C-]#[N+]C1=C[C@]2(C)c3nc(-c4ccccc4)ncc3CC[C@H]2[C@H](CC)C1=O.[C-]#[N+]C1C[C@]2(C)c3nc(-c4ccccc4)ncc3CC[C@H]2[C@H](CC)C1=O. The van der Waals surface area contributed by atoms with Crippen LogP contribution in [0, 0.1) is 42.7 Å². The number of carbonyl (C=O) groups is 2.